The first kappa shape index (κ1) is 22.2. The van der Waals surface area contributed by atoms with Crippen LogP contribution < -0.4 is 11.1 Å². The maximum absolute atomic E-state index is 12.9. The molecule has 1 fully saturated rings. The van der Waals surface area contributed by atoms with E-state index in [4.69, 9.17) is 33.7 Å². The van der Waals surface area contributed by atoms with Gasteiger partial charge >= 0.3 is 0 Å². The van der Waals surface area contributed by atoms with Gasteiger partial charge in [0, 0.05) is 17.2 Å². The smallest absolute Gasteiger partial charge is 0.209 e. The lowest BCUT2D eigenvalue weighted by Gasteiger charge is -2.09. The van der Waals surface area contributed by atoms with Gasteiger partial charge in [0.2, 0.25) is 5.78 Å². The predicted molar refractivity (Wildman–Crippen MR) is 126 cm³/mol. The average molecular weight is 496 g/mol. The lowest BCUT2D eigenvalue weighted by Crippen LogP contribution is -2.15. The molecule has 2 heterocycles. The fraction of sp³-hybridized carbons (Fsp3) is 0.238. The van der Waals surface area contributed by atoms with Crippen LogP contribution in [0.5, 0.6) is 0 Å². The maximum atomic E-state index is 12.9. The van der Waals surface area contributed by atoms with Crippen LogP contribution in [0, 0.1) is 0 Å². The highest BCUT2D eigenvalue weighted by Crippen LogP contribution is 2.34. The Morgan fingerprint density at radius 2 is 1.94 bits per heavy atom. The van der Waals surface area contributed by atoms with Crippen molar-refractivity contribution < 1.29 is 13.7 Å². The van der Waals surface area contributed by atoms with Crippen molar-refractivity contribution in [2.24, 2.45) is 0 Å². The van der Waals surface area contributed by atoms with Crippen LogP contribution in [0.1, 0.15) is 28.1 Å². The normalized spacial score (nSPS) is 16.9. The van der Waals surface area contributed by atoms with Crippen LogP contribution in [0.3, 0.4) is 0 Å². The Morgan fingerprint density at radius 1 is 1.23 bits per heavy atom. The number of nitrogen functional groups attached to an aromatic ring is 1. The molecule has 0 saturated carbocycles. The topological polar surface area (TPSA) is 94.3 Å². The van der Waals surface area contributed by atoms with E-state index in [1.165, 1.54) is 0 Å². The molecule has 6 nitrogen and oxygen atoms in total. The highest BCUT2D eigenvalue weighted by Gasteiger charge is 2.23. The quantitative estimate of drug-likeness (QED) is 0.432. The molecule has 1 aliphatic heterocycles. The first-order valence-electron chi connectivity index (χ1n) is 9.54. The Morgan fingerprint density at radius 3 is 2.58 bits per heavy atom. The number of anilines is 3. The van der Waals surface area contributed by atoms with Crippen LogP contribution in [-0.2, 0) is 15.5 Å². The van der Waals surface area contributed by atoms with E-state index >= 15 is 0 Å². The van der Waals surface area contributed by atoms with E-state index in [-0.39, 0.29) is 38.2 Å². The number of nitrogens with one attached hydrogen (secondary N) is 1. The molecule has 2 unspecified atom stereocenters. The van der Waals surface area contributed by atoms with E-state index in [0.29, 0.717) is 10.9 Å². The molecular formula is C21H19Cl2N3O3S2. The van der Waals surface area contributed by atoms with Gasteiger partial charge < -0.3 is 15.8 Å². The van der Waals surface area contributed by atoms with Crippen molar-refractivity contribution in [3.63, 3.8) is 0 Å². The van der Waals surface area contributed by atoms with Crippen molar-refractivity contribution in [3.8, 4) is 0 Å². The second-order valence-electron chi connectivity index (χ2n) is 6.96. The number of nitrogens with zero attached hydrogens (tertiary/aromatic N) is 1. The summed E-state index contributed by atoms with van der Waals surface area (Å²) in [6, 6.07) is 12.1. The number of halogens is 2. The van der Waals surface area contributed by atoms with E-state index in [2.05, 4.69) is 10.3 Å². The van der Waals surface area contributed by atoms with Crippen LogP contribution in [-0.4, -0.2) is 33.4 Å². The van der Waals surface area contributed by atoms with E-state index in [1.807, 2.05) is 12.1 Å². The summed E-state index contributed by atoms with van der Waals surface area (Å²) in [5.74, 6) is 0.229. The van der Waals surface area contributed by atoms with Crippen LogP contribution in [0.2, 0.25) is 10.0 Å². The predicted octanol–water partition coefficient (Wildman–Crippen LogP) is 5.29. The van der Waals surface area contributed by atoms with E-state index in [1.54, 1.807) is 30.3 Å². The summed E-state index contributed by atoms with van der Waals surface area (Å²) in [6.45, 7) is 0.745. The van der Waals surface area contributed by atoms with Gasteiger partial charge in [-0.15, -0.1) is 0 Å². The van der Waals surface area contributed by atoms with Crippen molar-refractivity contribution in [1.82, 2.24) is 4.98 Å². The average Bonchev–Trinajstić information content (AvgIpc) is 3.37. The van der Waals surface area contributed by atoms with Crippen LogP contribution in [0.25, 0.3) is 0 Å². The minimum Gasteiger partial charge on any atom is -0.382 e. The number of thiazole rings is 1. The molecule has 0 aliphatic carbocycles. The third-order valence-corrected chi connectivity index (χ3v) is 7.87. The van der Waals surface area contributed by atoms with Crippen LogP contribution in [0.4, 0.5) is 16.6 Å². The molecule has 31 heavy (non-hydrogen) atoms. The van der Waals surface area contributed by atoms with Gasteiger partial charge in [-0.05, 0) is 49.2 Å². The van der Waals surface area contributed by atoms with Crippen molar-refractivity contribution in [1.29, 1.82) is 0 Å². The SMILES string of the molecule is Nc1nc(Nc2ccc(S(=O)CC3CCCO3)cc2)sc1C(=O)c1c(Cl)cccc1Cl. The Balaban J connectivity index is 1.47. The minimum absolute atomic E-state index is 0.0690. The number of hydrogen-bond donors (Lipinski definition) is 2. The molecule has 10 heteroatoms. The second kappa shape index (κ2) is 9.67. The summed E-state index contributed by atoms with van der Waals surface area (Å²) in [5, 5.41) is 4.09. The molecule has 1 aliphatic rings. The van der Waals surface area contributed by atoms with Gasteiger partial charge in [0.05, 0.1) is 38.3 Å². The van der Waals surface area contributed by atoms with Gasteiger partial charge in [-0.3, -0.25) is 9.00 Å². The fourth-order valence-electron chi connectivity index (χ4n) is 3.23. The summed E-state index contributed by atoms with van der Waals surface area (Å²) in [6.07, 6.45) is 2.05. The van der Waals surface area contributed by atoms with Gasteiger partial charge in [-0.2, -0.15) is 0 Å². The van der Waals surface area contributed by atoms with Crippen molar-refractivity contribution in [3.05, 3.63) is 63.0 Å². The molecule has 0 bridgehead atoms. The summed E-state index contributed by atoms with van der Waals surface area (Å²) < 4.78 is 18.1. The Hall–Kier alpha value is -1.97. The number of ether oxygens (including phenoxy) is 1. The summed E-state index contributed by atoms with van der Waals surface area (Å²) in [7, 11) is -1.11. The van der Waals surface area contributed by atoms with Gasteiger partial charge in [0.25, 0.3) is 0 Å². The minimum atomic E-state index is -1.11. The molecule has 3 aromatic rings. The van der Waals surface area contributed by atoms with Gasteiger partial charge in [-0.1, -0.05) is 40.6 Å². The number of ketones is 1. The highest BCUT2D eigenvalue weighted by molar-refractivity contribution is 7.85. The maximum Gasteiger partial charge on any atom is 0.209 e. The number of hydrogen-bond acceptors (Lipinski definition) is 7. The molecule has 0 amide bonds. The molecular weight excluding hydrogens is 477 g/mol. The number of rotatable bonds is 7. The van der Waals surface area contributed by atoms with E-state index in [9.17, 15) is 9.00 Å². The van der Waals surface area contributed by atoms with E-state index in [0.717, 1.165) is 41.4 Å². The van der Waals surface area contributed by atoms with Crippen molar-refractivity contribution in [2.75, 3.05) is 23.4 Å². The third-order valence-electron chi connectivity index (χ3n) is 4.78. The van der Waals surface area contributed by atoms with Gasteiger partial charge in [0.15, 0.2) is 5.13 Å². The summed E-state index contributed by atoms with van der Waals surface area (Å²) in [4.78, 5) is 18.1. The molecule has 162 valence electrons. The van der Waals surface area contributed by atoms with Crippen molar-refractivity contribution in [2.45, 2.75) is 23.8 Å². The fourth-order valence-corrected chi connectivity index (χ4v) is 5.88. The zero-order valence-electron chi connectivity index (χ0n) is 16.3. The zero-order chi connectivity index (χ0) is 22.0. The number of nitrogens with two attached hydrogens (primary N) is 1. The first-order chi connectivity index (χ1) is 14.9. The lowest BCUT2D eigenvalue weighted by molar-refractivity contribution is 0.104. The summed E-state index contributed by atoms with van der Waals surface area (Å²) >= 11 is 13.4. The molecule has 0 spiro atoms. The Bertz CT molecular complexity index is 1110. The Kier molecular flexibility index (Phi) is 6.93. The molecule has 2 aromatic carbocycles. The monoisotopic (exact) mass is 495 g/mol. The number of aromatic nitrogens is 1. The molecule has 3 N–H and O–H groups in total. The molecule has 2 atom stereocenters. The second-order valence-corrected chi connectivity index (χ2v) is 10.3. The summed E-state index contributed by atoms with van der Waals surface area (Å²) in [5.41, 5.74) is 6.91. The number of benzene rings is 2. The van der Waals surface area contributed by atoms with Gasteiger partial charge in [0.1, 0.15) is 10.7 Å². The highest BCUT2D eigenvalue weighted by atomic mass is 35.5. The van der Waals surface area contributed by atoms with E-state index < -0.39 is 10.8 Å². The number of carbonyl (C=O) groups is 1. The largest absolute Gasteiger partial charge is 0.382 e. The molecule has 0 radical (unpaired) electrons. The first-order valence-corrected chi connectivity index (χ1v) is 12.4. The molecule has 1 saturated heterocycles. The van der Waals surface area contributed by atoms with Gasteiger partial charge in [-0.25, -0.2) is 4.98 Å². The Labute approximate surface area is 196 Å². The third kappa shape index (κ3) is 5.10. The van der Waals surface area contributed by atoms with Crippen LogP contribution in [0.15, 0.2) is 47.4 Å². The molecule has 4 rings (SSSR count). The lowest BCUT2D eigenvalue weighted by atomic mass is 10.1. The van der Waals surface area contributed by atoms with Crippen LogP contribution >= 0.6 is 34.5 Å². The standard InChI is InChI=1S/C21H19Cl2N3O3S2/c22-15-4-1-5-16(23)17(15)18(27)19-20(24)26-21(30-19)25-12-6-8-14(9-7-12)31(28)11-13-3-2-10-29-13/h1,4-9,13H,2-3,10-11,24H2,(H,25,26). The number of carbonyl (C=O) groups excluding carboxylic acids is 1. The zero-order valence-corrected chi connectivity index (χ0v) is 19.4. The molecule has 1 aromatic heterocycles. The van der Waals surface area contributed by atoms with Crippen molar-refractivity contribution >= 4 is 67.8 Å².